The summed E-state index contributed by atoms with van der Waals surface area (Å²) in [7, 11) is 0. The number of piperidine rings is 1. The van der Waals surface area contributed by atoms with Crippen molar-refractivity contribution in [2.75, 3.05) is 26.4 Å². The van der Waals surface area contributed by atoms with Crippen LogP contribution in [0, 0.1) is 0 Å². The van der Waals surface area contributed by atoms with Crippen LogP contribution in [0.15, 0.2) is 24.3 Å². The highest BCUT2D eigenvalue weighted by Gasteiger charge is 2.35. The maximum atomic E-state index is 12.7. The summed E-state index contributed by atoms with van der Waals surface area (Å²) in [6.45, 7) is 2.76. The zero-order valence-electron chi connectivity index (χ0n) is 13.8. The molecule has 1 aromatic carbocycles. The lowest BCUT2D eigenvalue weighted by molar-refractivity contribution is -0.145. The highest BCUT2D eigenvalue weighted by atomic mass is 16.7. The van der Waals surface area contributed by atoms with Crippen molar-refractivity contribution in [1.29, 1.82) is 0 Å². The lowest BCUT2D eigenvalue weighted by atomic mass is 10.0. The number of hydrogen-bond donors (Lipinski definition) is 0. The molecule has 4 rings (SSSR count). The summed E-state index contributed by atoms with van der Waals surface area (Å²) in [5, 5.41) is 0. The van der Waals surface area contributed by atoms with Crippen LogP contribution in [0.3, 0.4) is 0 Å². The average Bonchev–Trinajstić information content (AvgIpc) is 3.30. The Morgan fingerprint density at radius 3 is 2.92 bits per heavy atom. The Morgan fingerprint density at radius 2 is 2.04 bits per heavy atom. The Labute approximate surface area is 142 Å². The molecule has 1 aromatic rings. The van der Waals surface area contributed by atoms with Crippen molar-refractivity contribution >= 4 is 12.0 Å². The molecule has 24 heavy (non-hydrogen) atoms. The van der Waals surface area contributed by atoms with E-state index in [1.54, 1.807) is 6.08 Å². The highest BCUT2D eigenvalue weighted by molar-refractivity contribution is 5.92. The van der Waals surface area contributed by atoms with Gasteiger partial charge in [-0.2, -0.15) is 0 Å². The molecule has 0 aliphatic carbocycles. The van der Waals surface area contributed by atoms with Gasteiger partial charge in [-0.25, -0.2) is 0 Å². The van der Waals surface area contributed by atoms with Crippen molar-refractivity contribution in [3.8, 4) is 5.75 Å². The number of benzene rings is 1. The first-order valence-electron chi connectivity index (χ1n) is 8.79. The Morgan fingerprint density at radius 1 is 1.17 bits per heavy atom. The van der Waals surface area contributed by atoms with Crippen LogP contribution in [-0.4, -0.2) is 49.5 Å². The lowest BCUT2D eigenvalue weighted by Gasteiger charge is -2.37. The van der Waals surface area contributed by atoms with Crippen molar-refractivity contribution in [3.63, 3.8) is 0 Å². The van der Waals surface area contributed by atoms with Gasteiger partial charge < -0.3 is 19.1 Å². The van der Waals surface area contributed by atoms with Crippen molar-refractivity contribution in [3.05, 3.63) is 35.4 Å². The average molecular weight is 329 g/mol. The molecular weight excluding hydrogens is 306 g/mol. The molecule has 1 amide bonds. The van der Waals surface area contributed by atoms with E-state index < -0.39 is 0 Å². The summed E-state index contributed by atoms with van der Waals surface area (Å²) in [5.74, 6) is 1.00. The van der Waals surface area contributed by atoms with Crippen LogP contribution in [0.25, 0.3) is 6.08 Å². The Hall–Kier alpha value is -1.85. The minimum Gasteiger partial charge on any atom is -0.493 e. The van der Waals surface area contributed by atoms with Gasteiger partial charge in [0.25, 0.3) is 0 Å². The second-order valence-electron chi connectivity index (χ2n) is 6.50. The standard InChI is InChI=1S/C19H23NO4/c21-18(7-5-14-4-6-17-15(13-14)8-10-22-17)20-9-2-1-3-16(20)19-23-11-12-24-19/h4-7,13,16,19H,1-3,8-12H2/b7-5+. The third kappa shape index (κ3) is 3.19. The molecule has 0 aromatic heterocycles. The number of ether oxygens (including phenoxy) is 3. The van der Waals surface area contributed by atoms with E-state index >= 15 is 0 Å². The van der Waals surface area contributed by atoms with Crippen molar-refractivity contribution in [2.45, 2.75) is 38.0 Å². The maximum Gasteiger partial charge on any atom is 0.246 e. The van der Waals surface area contributed by atoms with Crippen molar-refractivity contribution in [1.82, 2.24) is 4.90 Å². The molecule has 1 atom stereocenters. The second kappa shape index (κ2) is 6.95. The molecule has 128 valence electrons. The Bertz CT molecular complexity index is 636. The van der Waals surface area contributed by atoms with E-state index in [2.05, 4.69) is 6.07 Å². The summed E-state index contributed by atoms with van der Waals surface area (Å²) in [6, 6.07) is 6.11. The van der Waals surface area contributed by atoms with E-state index in [4.69, 9.17) is 14.2 Å². The minimum atomic E-state index is -0.264. The Kier molecular flexibility index (Phi) is 4.54. The molecule has 3 aliphatic heterocycles. The monoisotopic (exact) mass is 329 g/mol. The molecule has 3 heterocycles. The molecule has 5 nitrogen and oxygen atoms in total. The lowest BCUT2D eigenvalue weighted by Crippen LogP contribution is -2.49. The maximum absolute atomic E-state index is 12.7. The number of nitrogens with zero attached hydrogens (tertiary/aromatic N) is 1. The van der Waals surface area contributed by atoms with Gasteiger partial charge in [-0.05, 0) is 48.6 Å². The summed E-state index contributed by atoms with van der Waals surface area (Å²) >= 11 is 0. The SMILES string of the molecule is O=C(/C=C/c1ccc2c(c1)CCO2)N1CCCCC1C1OCCO1. The number of fused-ring (bicyclic) bond motifs is 1. The van der Waals surface area contributed by atoms with E-state index in [-0.39, 0.29) is 18.2 Å². The first-order valence-corrected chi connectivity index (χ1v) is 8.79. The fourth-order valence-electron chi connectivity index (χ4n) is 3.69. The third-order valence-electron chi connectivity index (χ3n) is 4.93. The largest absolute Gasteiger partial charge is 0.493 e. The smallest absolute Gasteiger partial charge is 0.246 e. The van der Waals surface area contributed by atoms with E-state index in [0.29, 0.717) is 13.2 Å². The highest BCUT2D eigenvalue weighted by Crippen LogP contribution is 2.27. The third-order valence-corrected chi connectivity index (χ3v) is 4.93. The summed E-state index contributed by atoms with van der Waals surface area (Å²) in [6.07, 6.45) is 7.34. The number of hydrogen-bond acceptors (Lipinski definition) is 4. The van der Waals surface area contributed by atoms with Gasteiger partial charge in [0, 0.05) is 19.0 Å². The molecule has 1 unspecified atom stereocenters. The van der Waals surface area contributed by atoms with Crippen LogP contribution in [0.2, 0.25) is 0 Å². The molecule has 0 bridgehead atoms. The number of carbonyl (C=O) groups excluding carboxylic acids is 1. The molecule has 5 heteroatoms. The van der Waals surface area contributed by atoms with Crippen LogP contribution in [-0.2, 0) is 20.7 Å². The van der Waals surface area contributed by atoms with Crippen LogP contribution >= 0.6 is 0 Å². The fraction of sp³-hybridized carbons (Fsp3) is 0.526. The Balaban J connectivity index is 1.45. The van der Waals surface area contributed by atoms with Crippen LogP contribution in [0.5, 0.6) is 5.75 Å². The number of amides is 1. The predicted molar refractivity (Wildman–Crippen MR) is 89.7 cm³/mol. The van der Waals surface area contributed by atoms with E-state index in [9.17, 15) is 4.79 Å². The van der Waals surface area contributed by atoms with Crippen LogP contribution < -0.4 is 4.74 Å². The topological polar surface area (TPSA) is 48.0 Å². The molecule has 2 fully saturated rings. The summed E-state index contributed by atoms with van der Waals surface area (Å²) < 4.78 is 16.8. The predicted octanol–water partition coefficient (Wildman–Crippen LogP) is 2.39. The normalized spacial score (nSPS) is 24.3. The van der Waals surface area contributed by atoms with Crippen LogP contribution in [0.1, 0.15) is 30.4 Å². The van der Waals surface area contributed by atoms with Gasteiger partial charge in [0.05, 0.1) is 25.9 Å². The molecule has 0 N–H and O–H groups in total. The van der Waals surface area contributed by atoms with Crippen molar-refractivity contribution in [2.24, 2.45) is 0 Å². The van der Waals surface area contributed by atoms with Gasteiger partial charge in [0.15, 0.2) is 6.29 Å². The zero-order chi connectivity index (χ0) is 16.4. The summed E-state index contributed by atoms with van der Waals surface area (Å²) in [4.78, 5) is 14.6. The first-order chi connectivity index (χ1) is 11.8. The van der Waals surface area contributed by atoms with Gasteiger partial charge in [-0.3, -0.25) is 4.79 Å². The van der Waals surface area contributed by atoms with Gasteiger partial charge in [-0.1, -0.05) is 6.07 Å². The van der Waals surface area contributed by atoms with E-state index in [1.807, 2.05) is 23.1 Å². The molecule has 3 aliphatic rings. The van der Waals surface area contributed by atoms with Crippen molar-refractivity contribution < 1.29 is 19.0 Å². The van der Waals surface area contributed by atoms with Gasteiger partial charge >= 0.3 is 0 Å². The zero-order valence-corrected chi connectivity index (χ0v) is 13.8. The van der Waals surface area contributed by atoms with Gasteiger partial charge in [0.1, 0.15) is 5.75 Å². The quantitative estimate of drug-likeness (QED) is 0.799. The van der Waals surface area contributed by atoms with E-state index in [0.717, 1.165) is 50.1 Å². The van der Waals surface area contributed by atoms with E-state index in [1.165, 1.54) is 5.56 Å². The van der Waals surface area contributed by atoms with Gasteiger partial charge in [-0.15, -0.1) is 0 Å². The van der Waals surface area contributed by atoms with Crippen LogP contribution in [0.4, 0.5) is 0 Å². The van der Waals surface area contributed by atoms with Gasteiger partial charge in [0.2, 0.25) is 5.91 Å². The molecule has 0 saturated carbocycles. The molecular formula is C19H23NO4. The fourth-order valence-corrected chi connectivity index (χ4v) is 3.69. The minimum absolute atomic E-state index is 0.0341. The number of rotatable bonds is 3. The number of carbonyl (C=O) groups is 1. The molecule has 0 spiro atoms. The number of likely N-dealkylation sites (tertiary alicyclic amines) is 1. The molecule has 0 radical (unpaired) electrons. The second-order valence-corrected chi connectivity index (χ2v) is 6.50. The molecule has 2 saturated heterocycles. The summed E-state index contributed by atoms with van der Waals surface area (Å²) in [5.41, 5.74) is 2.25. The first kappa shape index (κ1) is 15.7.